The van der Waals surface area contributed by atoms with Crippen LogP contribution in [0.4, 0.5) is 10.2 Å². The van der Waals surface area contributed by atoms with E-state index >= 15 is 0 Å². The number of anilines is 1. The second kappa shape index (κ2) is 7.19. The molecule has 3 aromatic rings. The Kier molecular flexibility index (Phi) is 4.95. The van der Waals surface area contributed by atoms with E-state index in [-0.39, 0.29) is 22.7 Å². The number of thioether (sulfide) groups is 1. The molecule has 2 aromatic heterocycles. The van der Waals surface area contributed by atoms with Crippen LogP contribution in [0.2, 0.25) is 0 Å². The molecule has 27 heavy (non-hydrogen) atoms. The highest BCUT2D eigenvalue weighted by Crippen LogP contribution is 2.25. The third-order valence-corrected chi connectivity index (χ3v) is 4.95. The summed E-state index contributed by atoms with van der Waals surface area (Å²) in [5, 5.41) is 8.28. The number of rotatable bonds is 5. The number of nitrogens with zero attached hydrogens (tertiary/aromatic N) is 4. The SMILES string of the molecule is Cn1c(SCC(=O)c2c(N)n(C)c(=O)[nH]c2=O)nnc1-c1ccccc1F. The number of hydrogen-bond donors (Lipinski definition) is 2. The minimum absolute atomic E-state index is 0.158. The number of carbonyl (C=O) groups is 1. The van der Waals surface area contributed by atoms with Gasteiger partial charge in [0, 0.05) is 14.1 Å². The topological polar surface area (TPSA) is 129 Å². The molecule has 0 bridgehead atoms. The van der Waals surface area contributed by atoms with E-state index in [1.165, 1.54) is 13.1 Å². The summed E-state index contributed by atoms with van der Waals surface area (Å²) in [6.45, 7) is 0. The molecule has 0 amide bonds. The van der Waals surface area contributed by atoms with Gasteiger partial charge in [-0.05, 0) is 12.1 Å². The first-order valence-corrected chi connectivity index (χ1v) is 8.69. The quantitative estimate of drug-likeness (QED) is 0.481. The van der Waals surface area contributed by atoms with Gasteiger partial charge in [0.15, 0.2) is 16.8 Å². The number of nitrogens with one attached hydrogen (secondary N) is 1. The summed E-state index contributed by atoms with van der Waals surface area (Å²) in [7, 11) is 2.99. The molecule has 3 N–H and O–H groups in total. The molecule has 0 unspecified atom stereocenters. The van der Waals surface area contributed by atoms with Crippen LogP contribution in [-0.4, -0.2) is 35.9 Å². The molecule has 2 heterocycles. The van der Waals surface area contributed by atoms with Crippen molar-refractivity contribution >= 4 is 23.4 Å². The van der Waals surface area contributed by atoms with Crippen molar-refractivity contribution in [2.45, 2.75) is 5.16 Å². The molecule has 0 saturated heterocycles. The molecule has 0 fully saturated rings. The van der Waals surface area contributed by atoms with Crippen molar-refractivity contribution in [2.24, 2.45) is 14.1 Å². The highest BCUT2D eigenvalue weighted by molar-refractivity contribution is 7.99. The van der Waals surface area contributed by atoms with Gasteiger partial charge < -0.3 is 10.3 Å². The van der Waals surface area contributed by atoms with E-state index in [9.17, 15) is 18.8 Å². The summed E-state index contributed by atoms with van der Waals surface area (Å²) >= 11 is 1.02. The van der Waals surface area contributed by atoms with Crippen LogP contribution < -0.4 is 17.0 Å². The molecular weight excluding hydrogens is 375 g/mol. The smallest absolute Gasteiger partial charge is 0.329 e. The Morgan fingerprint density at radius 1 is 1.22 bits per heavy atom. The molecule has 0 saturated carbocycles. The third kappa shape index (κ3) is 3.40. The second-order valence-corrected chi connectivity index (χ2v) is 6.58. The van der Waals surface area contributed by atoms with Crippen LogP contribution in [0.5, 0.6) is 0 Å². The molecule has 11 heteroatoms. The highest BCUT2D eigenvalue weighted by Gasteiger charge is 2.20. The van der Waals surface area contributed by atoms with E-state index in [4.69, 9.17) is 5.73 Å². The third-order valence-electron chi connectivity index (χ3n) is 3.93. The average molecular weight is 390 g/mol. The van der Waals surface area contributed by atoms with Gasteiger partial charge in [-0.25, -0.2) is 9.18 Å². The Bertz CT molecular complexity index is 1150. The van der Waals surface area contributed by atoms with Gasteiger partial charge in [-0.1, -0.05) is 23.9 Å². The first-order valence-electron chi connectivity index (χ1n) is 7.70. The molecule has 0 aliphatic heterocycles. The summed E-state index contributed by atoms with van der Waals surface area (Å²) in [6, 6.07) is 6.13. The van der Waals surface area contributed by atoms with E-state index < -0.39 is 22.8 Å². The Labute approximate surface area is 156 Å². The van der Waals surface area contributed by atoms with Crippen LogP contribution in [0.25, 0.3) is 11.4 Å². The lowest BCUT2D eigenvalue weighted by atomic mass is 10.2. The minimum Gasteiger partial charge on any atom is -0.384 e. The number of ketones is 1. The number of carbonyl (C=O) groups excluding carboxylic acids is 1. The molecule has 0 atom stereocenters. The van der Waals surface area contributed by atoms with E-state index in [1.807, 2.05) is 4.98 Å². The fourth-order valence-corrected chi connectivity index (χ4v) is 3.21. The first-order chi connectivity index (χ1) is 12.8. The van der Waals surface area contributed by atoms with Crippen LogP contribution in [0, 0.1) is 5.82 Å². The summed E-state index contributed by atoms with van der Waals surface area (Å²) in [5.41, 5.74) is 4.16. The van der Waals surface area contributed by atoms with Crippen LogP contribution >= 0.6 is 11.8 Å². The van der Waals surface area contributed by atoms with Gasteiger partial charge in [-0.2, -0.15) is 0 Å². The maximum Gasteiger partial charge on any atom is 0.329 e. The van der Waals surface area contributed by atoms with Crippen molar-refractivity contribution in [3.05, 3.63) is 56.5 Å². The molecule has 0 aliphatic carbocycles. The standard InChI is InChI=1S/C16H15FN6O3S/c1-22-12(18)11(14(25)19-15(22)26)10(24)7-27-16-21-20-13(23(16)2)8-5-3-4-6-9(8)17/h3-6H,7,18H2,1-2H3,(H,19,25,26). The Hall–Kier alpha value is -3.21. The van der Waals surface area contributed by atoms with Gasteiger partial charge in [0.1, 0.15) is 17.2 Å². The van der Waals surface area contributed by atoms with Gasteiger partial charge >= 0.3 is 5.69 Å². The number of nitrogen functional groups attached to an aromatic ring is 1. The van der Waals surface area contributed by atoms with E-state index in [0.29, 0.717) is 11.0 Å². The second-order valence-electron chi connectivity index (χ2n) is 5.64. The number of H-pyrrole nitrogens is 1. The minimum atomic E-state index is -0.841. The Morgan fingerprint density at radius 3 is 2.63 bits per heavy atom. The lowest BCUT2D eigenvalue weighted by molar-refractivity contribution is 0.102. The normalized spacial score (nSPS) is 10.9. The molecular formula is C16H15FN6O3S. The van der Waals surface area contributed by atoms with Gasteiger partial charge in [0.2, 0.25) is 0 Å². The number of hydrogen-bond acceptors (Lipinski definition) is 7. The van der Waals surface area contributed by atoms with Gasteiger partial charge in [0.25, 0.3) is 5.56 Å². The van der Waals surface area contributed by atoms with Crippen molar-refractivity contribution in [1.29, 1.82) is 0 Å². The maximum absolute atomic E-state index is 13.9. The van der Waals surface area contributed by atoms with E-state index in [0.717, 1.165) is 16.3 Å². The average Bonchev–Trinajstić information content (AvgIpc) is 2.99. The van der Waals surface area contributed by atoms with Gasteiger partial charge in [0.05, 0.1) is 11.3 Å². The number of benzene rings is 1. The van der Waals surface area contributed by atoms with Crippen molar-refractivity contribution in [2.75, 3.05) is 11.5 Å². The van der Waals surface area contributed by atoms with Crippen LogP contribution in [0.3, 0.4) is 0 Å². The zero-order valence-electron chi connectivity index (χ0n) is 14.4. The van der Waals surface area contributed by atoms with Crippen molar-refractivity contribution in [1.82, 2.24) is 24.3 Å². The fraction of sp³-hybridized carbons (Fsp3) is 0.188. The zero-order valence-corrected chi connectivity index (χ0v) is 15.2. The summed E-state index contributed by atoms with van der Waals surface area (Å²) in [4.78, 5) is 37.8. The van der Waals surface area contributed by atoms with Gasteiger partial charge in [-0.15, -0.1) is 10.2 Å². The lowest BCUT2D eigenvalue weighted by Gasteiger charge is -2.07. The lowest BCUT2D eigenvalue weighted by Crippen LogP contribution is -2.35. The van der Waals surface area contributed by atoms with E-state index in [1.54, 1.807) is 29.8 Å². The predicted octanol–water partition coefficient (Wildman–Crippen LogP) is 0.565. The number of nitrogens with two attached hydrogens (primary N) is 1. The van der Waals surface area contributed by atoms with Crippen molar-refractivity contribution in [3.63, 3.8) is 0 Å². The highest BCUT2D eigenvalue weighted by atomic mass is 32.2. The number of aromatic nitrogens is 5. The predicted molar refractivity (Wildman–Crippen MR) is 98.2 cm³/mol. The maximum atomic E-state index is 13.9. The first kappa shape index (κ1) is 18.6. The summed E-state index contributed by atoms with van der Waals surface area (Å²) < 4.78 is 16.5. The Balaban J connectivity index is 1.84. The molecule has 0 radical (unpaired) electrons. The van der Waals surface area contributed by atoms with Crippen LogP contribution in [0.1, 0.15) is 10.4 Å². The van der Waals surface area contributed by atoms with Crippen LogP contribution in [-0.2, 0) is 14.1 Å². The Morgan fingerprint density at radius 2 is 1.93 bits per heavy atom. The van der Waals surface area contributed by atoms with Gasteiger partial charge in [-0.3, -0.25) is 19.1 Å². The molecule has 9 nitrogen and oxygen atoms in total. The van der Waals surface area contributed by atoms with E-state index in [2.05, 4.69) is 10.2 Å². The molecule has 3 rings (SSSR count). The molecule has 0 spiro atoms. The number of Topliss-reactive ketones (excluding diaryl/α,β-unsaturated/α-hetero) is 1. The molecule has 1 aromatic carbocycles. The van der Waals surface area contributed by atoms with Crippen molar-refractivity contribution < 1.29 is 9.18 Å². The molecule has 0 aliphatic rings. The number of halogens is 1. The number of aromatic amines is 1. The zero-order chi connectivity index (χ0) is 19.7. The summed E-state index contributed by atoms with van der Waals surface area (Å²) in [5.74, 6) is -1.06. The molecule has 140 valence electrons. The monoisotopic (exact) mass is 390 g/mol. The van der Waals surface area contributed by atoms with Crippen molar-refractivity contribution in [3.8, 4) is 11.4 Å². The largest absolute Gasteiger partial charge is 0.384 e. The van der Waals surface area contributed by atoms with Crippen LogP contribution in [0.15, 0.2) is 39.0 Å². The fourth-order valence-electron chi connectivity index (χ4n) is 2.43. The summed E-state index contributed by atoms with van der Waals surface area (Å²) in [6.07, 6.45) is 0.